The first-order valence-corrected chi connectivity index (χ1v) is 7.04. The number of nitriles is 1. The molecule has 0 bridgehead atoms. The standard InChI is InChI=1S/C15H16F3N3O2/c1-20(12-3-2-6-21(9-12)14(22)23)11-5-4-10(8-19)13(7-11)15(16,17)18/h4-5,7,12H,2-3,6,9H2,1H3,(H,22,23)/p-1. The molecule has 1 aliphatic heterocycles. The monoisotopic (exact) mass is 326 g/mol. The Labute approximate surface area is 131 Å². The van der Waals surface area contributed by atoms with Crippen molar-refractivity contribution < 1.29 is 23.1 Å². The van der Waals surface area contributed by atoms with Gasteiger partial charge in [-0.3, -0.25) is 0 Å². The molecule has 5 nitrogen and oxygen atoms in total. The van der Waals surface area contributed by atoms with E-state index in [0.29, 0.717) is 25.1 Å². The van der Waals surface area contributed by atoms with Gasteiger partial charge in [-0.25, -0.2) is 0 Å². The molecule has 8 heteroatoms. The fraction of sp³-hybridized carbons (Fsp3) is 0.467. The largest absolute Gasteiger partial charge is 0.530 e. The molecule has 0 spiro atoms. The fourth-order valence-corrected chi connectivity index (χ4v) is 2.73. The summed E-state index contributed by atoms with van der Waals surface area (Å²) in [5.74, 6) is 0. The van der Waals surface area contributed by atoms with Gasteiger partial charge in [-0.15, -0.1) is 0 Å². The molecule has 1 aromatic carbocycles. The number of halogens is 3. The van der Waals surface area contributed by atoms with Gasteiger partial charge in [-0.2, -0.15) is 18.4 Å². The van der Waals surface area contributed by atoms with E-state index < -0.39 is 23.4 Å². The van der Waals surface area contributed by atoms with Crippen LogP contribution in [0.15, 0.2) is 18.2 Å². The van der Waals surface area contributed by atoms with Crippen molar-refractivity contribution in [2.45, 2.75) is 25.1 Å². The van der Waals surface area contributed by atoms with Crippen molar-refractivity contribution in [3.05, 3.63) is 29.3 Å². The molecule has 1 heterocycles. The second kappa shape index (κ2) is 6.36. The van der Waals surface area contributed by atoms with Gasteiger partial charge >= 0.3 is 6.18 Å². The van der Waals surface area contributed by atoms with Crippen LogP contribution in [0.4, 0.5) is 23.7 Å². The smallest absolute Gasteiger partial charge is 0.417 e. The van der Waals surface area contributed by atoms with E-state index in [1.807, 2.05) is 0 Å². The molecule has 0 aromatic heterocycles. The highest BCUT2D eigenvalue weighted by Crippen LogP contribution is 2.35. The number of anilines is 1. The summed E-state index contributed by atoms with van der Waals surface area (Å²) in [5.41, 5.74) is -1.13. The number of alkyl halides is 3. The van der Waals surface area contributed by atoms with Crippen LogP contribution in [0.1, 0.15) is 24.0 Å². The third-order valence-electron chi connectivity index (χ3n) is 4.04. The zero-order chi connectivity index (χ0) is 17.2. The highest BCUT2D eigenvalue weighted by Gasteiger charge is 2.34. The minimum Gasteiger partial charge on any atom is -0.530 e. The van der Waals surface area contributed by atoms with Gasteiger partial charge in [0, 0.05) is 31.9 Å². The molecule has 1 fully saturated rings. The minimum absolute atomic E-state index is 0.181. The molecule has 1 unspecified atom stereocenters. The molecule has 0 N–H and O–H groups in total. The van der Waals surface area contributed by atoms with E-state index in [1.165, 1.54) is 12.1 Å². The maximum atomic E-state index is 13.0. The Morgan fingerprint density at radius 1 is 1.48 bits per heavy atom. The van der Waals surface area contributed by atoms with Gasteiger partial charge in [0.25, 0.3) is 0 Å². The maximum absolute atomic E-state index is 13.0. The summed E-state index contributed by atoms with van der Waals surface area (Å²) in [6.07, 6.45) is -4.61. The highest BCUT2D eigenvalue weighted by molar-refractivity contribution is 5.63. The Hall–Kier alpha value is -2.43. The first kappa shape index (κ1) is 16.9. The summed E-state index contributed by atoms with van der Waals surface area (Å²) >= 11 is 0. The molecular weight excluding hydrogens is 311 g/mol. The third-order valence-corrected chi connectivity index (χ3v) is 4.04. The van der Waals surface area contributed by atoms with Crippen LogP contribution in [0.5, 0.6) is 0 Å². The van der Waals surface area contributed by atoms with Crippen molar-refractivity contribution in [1.29, 1.82) is 5.26 Å². The lowest BCUT2D eigenvalue weighted by Gasteiger charge is -2.40. The molecule has 0 aliphatic carbocycles. The SMILES string of the molecule is CN(c1ccc(C#N)c(C(F)(F)F)c1)C1CCCN(C(=O)[O-])C1. The molecule has 1 saturated heterocycles. The average molecular weight is 326 g/mol. The van der Waals surface area contributed by atoms with Gasteiger partial charge in [0.15, 0.2) is 0 Å². The Kier molecular flexibility index (Phi) is 4.68. The van der Waals surface area contributed by atoms with Crippen LogP contribution in [-0.4, -0.2) is 37.2 Å². The van der Waals surface area contributed by atoms with Gasteiger partial charge in [-0.05, 0) is 31.0 Å². The molecule has 23 heavy (non-hydrogen) atoms. The zero-order valence-electron chi connectivity index (χ0n) is 12.4. The normalized spacial score (nSPS) is 18.4. The van der Waals surface area contributed by atoms with Crippen LogP contribution >= 0.6 is 0 Å². The van der Waals surface area contributed by atoms with Crippen LogP contribution in [0.2, 0.25) is 0 Å². The summed E-state index contributed by atoms with van der Waals surface area (Å²) in [5, 5.41) is 19.8. The lowest BCUT2D eigenvalue weighted by Crippen LogP contribution is -2.52. The molecular formula is C15H15F3N3O2-. The molecule has 1 aliphatic rings. The number of rotatable bonds is 2. The van der Waals surface area contributed by atoms with Gasteiger partial charge in [0.2, 0.25) is 0 Å². The van der Waals surface area contributed by atoms with E-state index in [-0.39, 0.29) is 12.6 Å². The first-order valence-electron chi connectivity index (χ1n) is 7.04. The van der Waals surface area contributed by atoms with Crippen molar-refractivity contribution >= 4 is 11.8 Å². The van der Waals surface area contributed by atoms with Crippen molar-refractivity contribution in [1.82, 2.24) is 4.90 Å². The lowest BCUT2D eigenvalue weighted by molar-refractivity contribution is -0.266. The molecule has 124 valence electrons. The summed E-state index contributed by atoms with van der Waals surface area (Å²) in [4.78, 5) is 13.7. The quantitative estimate of drug-likeness (QED) is 0.831. The number of carbonyl (C=O) groups is 1. The Balaban J connectivity index is 2.27. The van der Waals surface area contributed by atoms with E-state index in [0.717, 1.165) is 17.0 Å². The van der Waals surface area contributed by atoms with Crippen LogP contribution < -0.4 is 10.0 Å². The summed E-state index contributed by atoms with van der Waals surface area (Å²) in [7, 11) is 1.62. The number of piperidine rings is 1. The third kappa shape index (κ3) is 3.67. The topological polar surface area (TPSA) is 70.4 Å². The summed E-state index contributed by atoms with van der Waals surface area (Å²) in [6, 6.07) is 4.79. The van der Waals surface area contributed by atoms with Crippen LogP contribution in [-0.2, 0) is 6.18 Å². The number of carboxylic acid groups (broad SMARTS) is 1. The van der Waals surface area contributed by atoms with Crippen molar-refractivity contribution in [3.63, 3.8) is 0 Å². The Morgan fingerprint density at radius 2 is 2.17 bits per heavy atom. The van der Waals surface area contributed by atoms with E-state index >= 15 is 0 Å². The first-order chi connectivity index (χ1) is 10.7. The highest BCUT2D eigenvalue weighted by atomic mass is 19.4. The molecule has 1 amide bonds. The number of nitrogens with zero attached hydrogens (tertiary/aromatic N) is 3. The van der Waals surface area contributed by atoms with Crippen molar-refractivity contribution in [3.8, 4) is 6.07 Å². The number of hydrogen-bond donors (Lipinski definition) is 0. The number of benzene rings is 1. The number of carbonyl (C=O) groups excluding carboxylic acids is 1. The predicted molar refractivity (Wildman–Crippen MR) is 74.6 cm³/mol. The van der Waals surface area contributed by atoms with Crippen LogP contribution in [0, 0.1) is 11.3 Å². The second-order valence-corrected chi connectivity index (χ2v) is 5.46. The number of likely N-dealkylation sites (tertiary alicyclic amines) is 1. The number of amides is 1. The Bertz CT molecular complexity index is 640. The zero-order valence-corrected chi connectivity index (χ0v) is 12.4. The van der Waals surface area contributed by atoms with Crippen LogP contribution in [0.25, 0.3) is 0 Å². The van der Waals surface area contributed by atoms with Gasteiger partial charge in [0.05, 0.1) is 17.2 Å². The maximum Gasteiger partial charge on any atom is 0.417 e. The van der Waals surface area contributed by atoms with E-state index in [4.69, 9.17) is 5.26 Å². The van der Waals surface area contributed by atoms with E-state index in [2.05, 4.69) is 0 Å². The molecule has 0 saturated carbocycles. The summed E-state index contributed by atoms with van der Waals surface area (Å²) < 4.78 is 39.1. The van der Waals surface area contributed by atoms with Gasteiger partial charge in [0.1, 0.15) is 6.09 Å². The predicted octanol–water partition coefficient (Wildman–Crippen LogP) is 1.82. The van der Waals surface area contributed by atoms with Gasteiger partial charge in [-0.1, -0.05) is 0 Å². The van der Waals surface area contributed by atoms with Crippen molar-refractivity contribution in [2.75, 3.05) is 25.0 Å². The summed E-state index contributed by atoms with van der Waals surface area (Å²) in [6.45, 7) is 0.550. The number of hydrogen-bond acceptors (Lipinski definition) is 4. The Morgan fingerprint density at radius 3 is 2.74 bits per heavy atom. The number of likely N-dealkylation sites (N-methyl/N-ethyl adjacent to an activating group) is 1. The molecule has 1 atom stereocenters. The van der Waals surface area contributed by atoms with Crippen molar-refractivity contribution in [2.24, 2.45) is 0 Å². The molecule has 1 aromatic rings. The molecule has 0 radical (unpaired) electrons. The van der Waals surface area contributed by atoms with Crippen LogP contribution in [0.3, 0.4) is 0 Å². The van der Waals surface area contributed by atoms with E-state index in [9.17, 15) is 23.1 Å². The second-order valence-electron chi connectivity index (χ2n) is 5.46. The molecule has 2 rings (SSSR count). The lowest BCUT2D eigenvalue weighted by atomic mass is 10.0. The fourth-order valence-electron chi connectivity index (χ4n) is 2.73. The van der Waals surface area contributed by atoms with E-state index in [1.54, 1.807) is 11.9 Å². The van der Waals surface area contributed by atoms with Gasteiger partial charge < -0.3 is 19.7 Å². The minimum atomic E-state index is -4.62. The average Bonchev–Trinajstić information content (AvgIpc) is 2.52.